The van der Waals surface area contributed by atoms with E-state index in [0.29, 0.717) is 6.54 Å². The van der Waals surface area contributed by atoms with Crippen LogP contribution in [0.3, 0.4) is 0 Å². The van der Waals surface area contributed by atoms with E-state index in [-0.39, 0.29) is 12.6 Å². The normalized spacial score (nSPS) is 10.2. The maximum Gasteiger partial charge on any atom is 0.323 e. The molecule has 2 aromatic rings. The molecule has 1 aromatic heterocycles. The highest BCUT2D eigenvalue weighted by atomic mass is 16.4. The molecular formula is C18H28N4O3. The van der Waals surface area contributed by atoms with Crippen LogP contribution in [0, 0.1) is 13.8 Å². The number of nitrogens with zero attached hydrogens (tertiary/aromatic N) is 4. The number of likely N-dealkylation sites (N-methyl/N-ethyl adjacent to an activating group) is 1. The fraction of sp³-hybridized carbons (Fsp3) is 0.500. The van der Waals surface area contributed by atoms with Gasteiger partial charge >= 0.3 is 12.0 Å². The van der Waals surface area contributed by atoms with E-state index in [9.17, 15) is 9.59 Å². The Morgan fingerprint density at radius 1 is 1.20 bits per heavy atom. The molecule has 0 aliphatic heterocycles. The lowest BCUT2D eigenvalue weighted by atomic mass is 10.1. The van der Waals surface area contributed by atoms with E-state index < -0.39 is 5.97 Å². The molecule has 25 heavy (non-hydrogen) atoms. The minimum Gasteiger partial charge on any atom is -0.480 e. The van der Waals surface area contributed by atoms with Crippen molar-refractivity contribution in [2.24, 2.45) is 7.05 Å². The fourth-order valence-electron chi connectivity index (χ4n) is 2.73. The Kier molecular flexibility index (Phi) is 7.42. The smallest absolute Gasteiger partial charge is 0.323 e. The van der Waals surface area contributed by atoms with E-state index in [0.717, 1.165) is 6.42 Å². The van der Waals surface area contributed by atoms with Crippen molar-refractivity contribution in [1.82, 2.24) is 19.6 Å². The summed E-state index contributed by atoms with van der Waals surface area (Å²) in [6.07, 6.45) is 2.78. The van der Waals surface area contributed by atoms with Crippen LogP contribution in [0.15, 0.2) is 18.3 Å². The number of rotatable bonds is 4. The summed E-state index contributed by atoms with van der Waals surface area (Å²) in [4.78, 5) is 24.3. The first-order chi connectivity index (χ1) is 11.7. The van der Waals surface area contributed by atoms with Crippen molar-refractivity contribution in [2.75, 3.05) is 27.2 Å². The molecule has 0 bridgehead atoms. The maximum absolute atomic E-state index is 11.4. The van der Waals surface area contributed by atoms with Gasteiger partial charge in [0.25, 0.3) is 0 Å². The average molecular weight is 348 g/mol. The third kappa shape index (κ3) is 5.77. The molecule has 0 radical (unpaired) electrons. The Labute approximate surface area is 148 Å². The van der Waals surface area contributed by atoms with Crippen LogP contribution in [0.25, 0.3) is 10.9 Å². The second-order valence-electron chi connectivity index (χ2n) is 6.24. The summed E-state index contributed by atoms with van der Waals surface area (Å²) in [7, 11) is 5.11. The van der Waals surface area contributed by atoms with E-state index in [2.05, 4.69) is 31.1 Å². The summed E-state index contributed by atoms with van der Waals surface area (Å²) in [6.45, 7) is 6.58. The van der Waals surface area contributed by atoms with Crippen LogP contribution in [0.4, 0.5) is 4.79 Å². The number of carboxylic acid groups (broad SMARTS) is 1. The number of carboxylic acids is 1. The molecule has 0 atom stereocenters. The highest BCUT2D eigenvalue weighted by Gasteiger charge is 2.15. The summed E-state index contributed by atoms with van der Waals surface area (Å²) >= 11 is 0. The second-order valence-corrected chi connectivity index (χ2v) is 6.24. The van der Waals surface area contributed by atoms with Crippen molar-refractivity contribution in [3.05, 3.63) is 29.5 Å². The lowest BCUT2D eigenvalue weighted by Crippen LogP contribution is -2.41. The molecule has 0 unspecified atom stereocenters. The lowest BCUT2D eigenvalue weighted by molar-refractivity contribution is -0.137. The topological polar surface area (TPSA) is 78.7 Å². The Hall–Kier alpha value is -2.57. The molecule has 0 spiro atoms. The monoisotopic (exact) mass is 348 g/mol. The molecule has 7 nitrogen and oxygen atoms in total. The number of urea groups is 1. The van der Waals surface area contributed by atoms with Crippen molar-refractivity contribution >= 4 is 22.9 Å². The number of carbonyl (C=O) groups excluding carboxylic acids is 1. The van der Waals surface area contributed by atoms with E-state index in [4.69, 9.17) is 5.11 Å². The van der Waals surface area contributed by atoms with Gasteiger partial charge in [0.15, 0.2) is 0 Å². The quantitative estimate of drug-likeness (QED) is 0.921. The minimum absolute atomic E-state index is 0.257. The van der Waals surface area contributed by atoms with Gasteiger partial charge in [0, 0.05) is 33.1 Å². The zero-order valence-corrected chi connectivity index (χ0v) is 15.9. The zero-order valence-electron chi connectivity index (χ0n) is 15.9. The molecule has 1 heterocycles. The summed E-state index contributed by atoms with van der Waals surface area (Å²) in [5.74, 6) is -0.999. The van der Waals surface area contributed by atoms with E-state index >= 15 is 0 Å². The highest BCUT2D eigenvalue weighted by Crippen LogP contribution is 2.18. The molecule has 0 saturated carbocycles. The SMILES string of the molecule is CCCN(C)C(=O)N(C)CC(=O)O.Cc1cc(C)c2c(cnn2C)c1. The van der Waals surface area contributed by atoms with Gasteiger partial charge in [-0.1, -0.05) is 18.6 Å². The number of aromatic nitrogens is 2. The summed E-state index contributed by atoms with van der Waals surface area (Å²) in [5, 5.41) is 13.9. The Morgan fingerprint density at radius 3 is 2.40 bits per heavy atom. The fourth-order valence-corrected chi connectivity index (χ4v) is 2.73. The number of carbonyl (C=O) groups is 2. The summed E-state index contributed by atoms with van der Waals surface area (Å²) in [5.41, 5.74) is 3.83. The Bertz CT molecular complexity index is 739. The van der Waals surface area contributed by atoms with Crippen LogP contribution in [0.5, 0.6) is 0 Å². The van der Waals surface area contributed by atoms with Gasteiger partial charge in [-0.25, -0.2) is 4.79 Å². The van der Waals surface area contributed by atoms with Gasteiger partial charge in [0.1, 0.15) is 6.54 Å². The number of benzene rings is 1. The van der Waals surface area contributed by atoms with Crippen LogP contribution in [0.2, 0.25) is 0 Å². The summed E-state index contributed by atoms with van der Waals surface area (Å²) in [6, 6.07) is 4.09. The Balaban J connectivity index is 0.000000250. The maximum atomic E-state index is 11.4. The average Bonchev–Trinajstić information content (AvgIpc) is 2.87. The number of fused-ring (bicyclic) bond motifs is 1. The van der Waals surface area contributed by atoms with Crippen molar-refractivity contribution in [3.8, 4) is 0 Å². The van der Waals surface area contributed by atoms with Crippen LogP contribution in [-0.2, 0) is 11.8 Å². The molecule has 2 rings (SSSR count). The molecule has 0 saturated heterocycles. The van der Waals surface area contributed by atoms with Crippen LogP contribution in [-0.4, -0.2) is 63.9 Å². The number of amides is 2. The van der Waals surface area contributed by atoms with Gasteiger partial charge < -0.3 is 14.9 Å². The molecule has 0 aliphatic carbocycles. The molecule has 1 N–H and O–H groups in total. The van der Waals surface area contributed by atoms with E-state index in [1.807, 2.05) is 24.9 Å². The molecule has 7 heteroatoms. The van der Waals surface area contributed by atoms with Crippen molar-refractivity contribution in [3.63, 3.8) is 0 Å². The van der Waals surface area contributed by atoms with Crippen molar-refractivity contribution in [2.45, 2.75) is 27.2 Å². The molecule has 0 aliphatic rings. The molecule has 138 valence electrons. The highest BCUT2D eigenvalue weighted by molar-refractivity contribution is 5.82. The number of hydrogen-bond donors (Lipinski definition) is 1. The third-order valence-corrected chi connectivity index (χ3v) is 3.75. The van der Waals surface area contributed by atoms with E-state index in [1.54, 1.807) is 7.05 Å². The van der Waals surface area contributed by atoms with Gasteiger partial charge in [-0.3, -0.25) is 9.48 Å². The lowest BCUT2D eigenvalue weighted by Gasteiger charge is -2.22. The first-order valence-corrected chi connectivity index (χ1v) is 8.24. The number of aryl methyl sites for hydroxylation is 3. The minimum atomic E-state index is -0.999. The van der Waals surface area contributed by atoms with Crippen LogP contribution < -0.4 is 0 Å². The Morgan fingerprint density at radius 2 is 1.84 bits per heavy atom. The van der Waals surface area contributed by atoms with Crippen molar-refractivity contribution < 1.29 is 14.7 Å². The standard InChI is InChI=1S/C10H12N2.C8H16N2O3/c1-7-4-8(2)10-9(5-7)6-11-12(10)3;1-4-5-9(2)8(13)10(3)6-7(11)12/h4-6H,1-3H3;4-6H2,1-3H3,(H,11,12). The van der Waals surface area contributed by atoms with Gasteiger partial charge in [-0.05, 0) is 31.9 Å². The summed E-state index contributed by atoms with van der Waals surface area (Å²) < 4.78 is 1.92. The first kappa shape index (κ1) is 20.5. The predicted molar refractivity (Wildman–Crippen MR) is 98.8 cm³/mol. The molecule has 1 aromatic carbocycles. The van der Waals surface area contributed by atoms with Crippen LogP contribution >= 0.6 is 0 Å². The first-order valence-electron chi connectivity index (χ1n) is 8.24. The predicted octanol–water partition coefficient (Wildman–Crippen LogP) is 2.65. The molecule has 2 amide bonds. The van der Waals surface area contributed by atoms with Gasteiger partial charge in [0.05, 0.1) is 11.7 Å². The van der Waals surface area contributed by atoms with E-state index in [1.165, 1.54) is 38.9 Å². The second kappa shape index (κ2) is 9.05. The number of hydrogen-bond acceptors (Lipinski definition) is 3. The third-order valence-electron chi connectivity index (χ3n) is 3.75. The van der Waals surface area contributed by atoms with Crippen LogP contribution in [0.1, 0.15) is 24.5 Å². The molecular weight excluding hydrogens is 320 g/mol. The zero-order chi connectivity index (χ0) is 19.1. The van der Waals surface area contributed by atoms with Gasteiger partial charge in [-0.2, -0.15) is 5.10 Å². The molecule has 0 fully saturated rings. The van der Waals surface area contributed by atoms with Gasteiger partial charge in [-0.15, -0.1) is 0 Å². The van der Waals surface area contributed by atoms with Gasteiger partial charge in [0.2, 0.25) is 0 Å². The van der Waals surface area contributed by atoms with Crippen molar-refractivity contribution in [1.29, 1.82) is 0 Å². The number of aliphatic carboxylic acids is 1. The largest absolute Gasteiger partial charge is 0.480 e.